The molecule has 0 aromatic heterocycles. The first kappa shape index (κ1) is 12.2. The van der Waals surface area contributed by atoms with Crippen LogP contribution in [0.5, 0.6) is 11.5 Å². The van der Waals surface area contributed by atoms with E-state index in [1.165, 1.54) is 18.2 Å². The van der Waals surface area contributed by atoms with E-state index in [-0.39, 0.29) is 23.4 Å². The number of carbonyl (C=O) groups is 1. The number of phenols is 2. The number of amides is 1. The van der Waals surface area contributed by atoms with Crippen molar-refractivity contribution in [1.82, 2.24) is 4.90 Å². The molecule has 0 aliphatic carbocycles. The molecular formula is C12H14BrNO3. The van der Waals surface area contributed by atoms with Gasteiger partial charge in [-0.25, -0.2) is 0 Å². The maximum Gasteiger partial charge on any atom is 0.254 e. The minimum Gasteiger partial charge on any atom is -0.508 e. The van der Waals surface area contributed by atoms with Gasteiger partial charge in [-0.2, -0.15) is 0 Å². The predicted octanol–water partition coefficient (Wildman–Crippen LogP) is 2.10. The minimum absolute atomic E-state index is 0.0945. The van der Waals surface area contributed by atoms with Gasteiger partial charge in [-0.1, -0.05) is 15.9 Å². The normalized spacial score (nSPS) is 19.6. The monoisotopic (exact) mass is 299 g/mol. The molecule has 1 unspecified atom stereocenters. The van der Waals surface area contributed by atoms with Crippen LogP contribution in [0.25, 0.3) is 0 Å². The van der Waals surface area contributed by atoms with Gasteiger partial charge >= 0.3 is 0 Å². The zero-order valence-electron chi connectivity index (χ0n) is 9.27. The average molecular weight is 300 g/mol. The van der Waals surface area contributed by atoms with Crippen LogP contribution in [0.1, 0.15) is 23.2 Å². The zero-order chi connectivity index (χ0) is 12.4. The highest BCUT2D eigenvalue weighted by Gasteiger charge is 2.28. The van der Waals surface area contributed by atoms with Gasteiger partial charge in [0.05, 0.1) is 0 Å². The molecule has 0 bridgehead atoms. The van der Waals surface area contributed by atoms with E-state index in [1.807, 2.05) is 0 Å². The van der Waals surface area contributed by atoms with Crippen molar-refractivity contribution in [3.8, 4) is 11.5 Å². The highest BCUT2D eigenvalue weighted by atomic mass is 79.9. The Morgan fingerprint density at radius 1 is 1.35 bits per heavy atom. The second-order valence-electron chi connectivity index (χ2n) is 4.19. The van der Waals surface area contributed by atoms with Crippen LogP contribution in [0.4, 0.5) is 0 Å². The molecule has 1 heterocycles. The van der Waals surface area contributed by atoms with Crippen molar-refractivity contribution in [3.05, 3.63) is 23.8 Å². The molecule has 1 aliphatic heterocycles. The number of carbonyl (C=O) groups excluding carboxylic acids is 1. The van der Waals surface area contributed by atoms with Crippen LogP contribution in [-0.2, 0) is 0 Å². The zero-order valence-corrected chi connectivity index (χ0v) is 10.9. The maximum absolute atomic E-state index is 12.2. The van der Waals surface area contributed by atoms with Gasteiger partial charge in [-0.05, 0) is 25.0 Å². The summed E-state index contributed by atoms with van der Waals surface area (Å²) in [6.45, 7) is 0.728. The fourth-order valence-corrected chi connectivity index (χ4v) is 2.82. The van der Waals surface area contributed by atoms with Crippen molar-refractivity contribution in [2.24, 2.45) is 0 Å². The Hall–Kier alpha value is -1.23. The van der Waals surface area contributed by atoms with Gasteiger partial charge in [-0.15, -0.1) is 0 Å². The fraction of sp³-hybridized carbons (Fsp3) is 0.417. The van der Waals surface area contributed by atoms with Gasteiger partial charge in [0.25, 0.3) is 5.91 Å². The van der Waals surface area contributed by atoms with Crippen LogP contribution in [0.15, 0.2) is 18.2 Å². The molecule has 1 fully saturated rings. The highest BCUT2D eigenvalue weighted by molar-refractivity contribution is 9.09. The molecule has 17 heavy (non-hydrogen) atoms. The standard InChI is InChI=1S/C12H14BrNO3/c13-7-9-2-1-3-14(9)12(17)8-4-10(15)6-11(16)5-8/h4-6,9,15-16H,1-3,7H2. The second-order valence-corrected chi connectivity index (χ2v) is 4.83. The maximum atomic E-state index is 12.2. The van der Waals surface area contributed by atoms with Gasteiger partial charge in [-0.3, -0.25) is 4.79 Å². The Balaban J connectivity index is 2.24. The molecular weight excluding hydrogens is 286 g/mol. The molecule has 1 atom stereocenters. The molecule has 4 nitrogen and oxygen atoms in total. The third-order valence-electron chi connectivity index (χ3n) is 2.97. The van der Waals surface area contributed by atoms with E-state index in [9.17, 15) is 15.0 Å². The molecule has 0 radical (unpaired) electrons. The predicted molar refractivity (Wildman–Crippen MR) is 67.6 cm³/mol. The quantitative estimate of drug-likeness (QED) is 0.822. The van der Waals surface area contributed by atoms with Crippen LogP contribution in [0.3, 0.4) is 0 Å². The lowest BCUT2D eigenvalue weighted by Gasteiger charge is -2.23. The summed E-state index contributed by atoms with van der Waals surface area (Å²) in [4.78, 5) is 14.0. The van der Waals surface area contributed by atoms with E-state index >= 15 is 0 Å². The minimum atomic E-state index is -0.141. The molecule has 0 saturated carbocycles. The van der Waals surface area contributed by atoms with E-state index in [2.05, 4.69) is 15.9 Å². The van der Waals surface area contributed by atoms with Gasteiger partial charge in [0.2, 0.25) is 0 Å². The number of nitrogens with zero attached hydrogens (tertiary/aromatic N) is 1. The summed E-state index contributed by atoms with van der Waals surface area (Å²) >= 11 is 3.39. The molecule has 1 aliphatic rings. The largest absolute Gasteiger partial charge is 0.508 e. The van der Waals surface area contributed by atoms with E-state index in [1.54, 1.807) is 4.90 Å². The fourth-order valence-electron chi connectivity index (χ4n) is 2.15. The van der Waals surface area contributed by atoms with E-state index in [0.29, 0.717) is 5.56 Å². The molecule has 1 aromatic carbocycles. The molecule has 92 valence electrons. The SMILES string of the molecule is O=C(c1cc(O)cc(O)c1)N1CCCC1CBr. The third kappa shape index (κ3) is 2.54. The molecule has 0 spiro atoms. The highest BCUT2D eigenvalue weighted by Crippen LogP contribution is 2.25. The number of rotatable bonds is 2. The van der Waals surface area contributed by atoms with Gasteiger partial charge in [0.1, 0.15) is 11.5 Å². The number of halogens is 1. The molecule has 5 heteroatoms. The Labute approximate surface area is 108 Å². The second kappa shape index (κ2) is 4.96. The summed E-state index contributed by atoms with van der Waals surface area (Å²) in [6, 6.07) is 4.17. The van der Waals surface area contributed by atoms with Crippen molar-refractivity contribution in [2.75, 3.05) is 11.9 Å². The number of aromatic hydroxyl groups is 2. The van der Waals surface area contributed by atoms with E-state index < -0.39 is 0 Å². The summed E-state index contributed by atoms with van der Waals surface area (Å²) in [5.74, 6) is -0.330. The van der Waals surface area contributed by atoms with Crippen LogP contribution in [0.2, 0.25) is 0 Å². The summed E-state index contributed by atoms with van der Waals surface area (Å²) in [7, 11) is 0. The first-order chi connectivity index (χ1) is 8.11. The topological polar surface area (TPSA) is 60.8 Å². The first-order valence-electron chi connectivity index (χ1n) is 5.52. The van der Waals surface area contributed by atoms with E-state index in [0.717, 1.165) is 24.7 Å². The van der Waals surface area contributed by atoms with Crippen molar-refractivity contribution >= 4 is 21.8 Å². The number of hydrogen-bond acceptors (Lipinski definition) is 3. The molecule has 1 amide bonds. The summed E-state index contributed by atoms with van der Waals surface area (Å²) in [6.07, 6.45) is 1.98. The van der Waals surface area contributed by atoms with Crippen LogP contribution in [0, 0.1) is 0 Å². The molecule has 2 N–H and O–H groups in total. The van der Waals surface area contributed by atoms with E-state index in [4.69, 9.17) is 0 Å². The Bertz CT molecular complexity index is 416. The molecule has 1 aromatic rings. The summed E-state index contributed by atoms with van der Waals surface area (Å²) in [5.41, 5.74) is 0.329. The average Bonchev–Trinajstić information content (AvgIpc) is 2.74. The Kier molecular flexibility index (Phi) is 3.57. The summed E-state index contributed by atoms with van der Waals surface area (Å²) < 4.78 is 0. The first-order valence-corrected chi connectivity index (χ1v) is 6.64. The number of phenolic OH excluding ortho intramolecular Hbond substituents is 2. The van der Waals surface area contributed by atoms with Crippen LogP contribution >= 0.6 is 15.9 Å². The van der Waals surface area contributed by atoms with Gasteiger partial charge < -0.3 is 15.1 Å². The Morgan fingerprint density at radius 3 is 2.59 bits per heavy atom. The number of benzene rings is 1. The molecule has 1 saturated heterocycles. The van der Waals surface area contributed by atoms with Crippen molar-refractivity contribution in [3.63, 3.8) is 0 Å². The molecule has 2 rings (SSSR count). The van der Waals surface area contributed by atoms with Crippen molar-refractivity contribution in [1.29, 1.82) is 0 Å². The lowest BCUT2D eigenvalue weighted by molar-refractivity contribution is 0.0749. The van der Waals surface area contributed by atoms with Crippen LogP contribution in [-0.4, -0.2) is 38.9 Å². The van der Waals surface area contributed by atoms with Gasteiger partial charge in [0, 0.05) is 29.5 Å². The Morgan fingerprint density at radius 2 is 2.00 bits per heavy atom. The lowest BCUT2D eigenvalue weighted by atomic mass is 10.1. The number of alkyl halides is 1. The third-order valence-corrected chi connectivity index (χ3v) is 3.71. The van der Waals surface area contributed by atoms with Crippen molar-refractivity contribution < 1.29 is 15.0 Å². The van der Waals surface area contributed by atoms with Gasteiger partial charge in [0.15, 0.2) is 0 Å². The smallest absolute Gasteiger partial charge is 0.254 e. The lowest BCUT2D eigenvalue weighted by Crippen LogP contribution is -2.36. The van der Waals surface area contributed by atoms with Crippen LogP contribution < -0.4 is 0 Å². The number of hydrogen-bond donors (Lipinski definition) is 2. The van der Waals surface area contributed by atoms with Crippen molar-refractivity contribution in [2.45, 2.75) is 18.9 Å². The summed E-state index contributed by atoms with van der Waals surface area (Å²) in [5, 5.41) is 19.5. The number of likely N-dealkylation sites (tertiary alicyclic amines) is 1.